The third-order valence-electron chi connectivity index (χ3n) is 2.08. The maximum atomic E-state index is 11.1. The number of rotatable bonds is 4. The van der Waals surface area contributed by atoms with Gasteiger partial charge in [-0.3, -0.25) is 9.59 Å². The molecule has 0 bridgehead atoms. The van der Waals surface area contributed by atoms with Gasteiger partial charge in [0, 0.05) is 5.69 Å². The summed E-state index contributed by atoms with van der Waals surface area (Å²) in [4.78, 5) is 21.6. The first-order valence-electron chi connectivity index (χ1n) is 4.82. The number of amides is 1. The van der Waals surface area contributed by atoms with Crippen molar-refractivity contribution in [3.63, 3.8) is 0 Å². The summed E-state index contributed by atoms with van der Waals surface area (Å²) in [5.41, 5.74) is 1.94. The van der Waals surface area contributed by atoms with Crippen LogP contribution in [-0.2, 0) is 16.0 Å². The molecule has 0 aromatic heterocycles. The van der Waals surface area contributed by atoms with Crippen LogP contribution in [0.4, 0.5) is 5.69 Å². The van der Waals surface area contributed by atoms with Crippen LogP contribution in [0.15, 0.2) is 23.4 Å². The lowest BCUT2D eigenvalue weighted by atomic mass is 10.1. The van der Waals surface area contributed by atoms with E-state index in [1.807, 2.05) is 0 Å². The van der Waals surface area contributed by atoms with E-state index in [0.717, 1.165) is 11.8 Å². The summed E-state index contributed by atoms with van der Waals surface area (Å²) in [5.74, 6) is -1.46. The molecule has 0 saturated carbocycles. The average molecular weight is 236 g/mol. The summed E-state index contributed by atoms with van der Waals surface area (Å²) in [6, 6.07) is 4.91. The summed E-state index contributed by atoms with van der Waals surface area (Å²) < 4.78 is 0. The Morgan fingerprint density at radius 1 is 1.47 bits per heavy atom. The van der Waals surface area contributed by atoms with Crippen LogP contribution >= 0.6 is 0 Å². The molecule has 0 unspecified atom stereocenters. The number of benzene rings is 1. The van der Waals surface area contributed by atoms with Crippen LogP contribution in [0.25, 0.3) is 0 Å². The molecule has 0 atom stereocenters. The van der Waals surface area contributed by atoms with E-state index in [0.29, 0.717) is 11.3 Å². The molecule has 0 aliphatic heterocycles. The number of carboxylic acids is 1. The second-order valence-electron chi connectivity index (χ2n) is 3.45. The molecule has 17 heavy (non-hydrogen) atoms. The molecule has 0 radical (unpaired) electrons. The standard InChI is InChI=1S/C11H12N2O4/c1-7-4-8(5-11(15)16)2-3-9(7)13-10(14)6-12-17/h2-4,6,17H,5H2,1H3,(H,13,14)(H,15,16). The number of nitrogens with one attached hydrogen (secondary N) is 1. The van der Waals surface area contributed by atoms with Crippen LogP contribution in [0.1, 0.15) is 11.1 Å². The van der Waals surface area contributed by atoms with Crippen molar-refractivity contribution in [3.05, 3.63) is 29.3 Å². The zero-order valence-corrected chi connectivity index (χ0v) is 9.17. The number of carboxylic acid groups (broad SMARTS) is 1. The molecule has 0 fully saturated rings. The Bertz CT molecular complexity index is 469. The number of nitrogens with zero attached hydrogens (tertiary/aromatic N) is 1. The molecule has 0 heterocycles. The third kappa shape index (κ3) is 3.94. The van der Waals surface area contributed by atoms with E-state index in [4.69, 9.17) is 10.3 Å². The fourth-order valence-corrected chi connectivity index (χ4v) is 1.37. The molecular weight excluding hydrogens is 224 g/mol. The number of carbonyl (C=O) groups excluding carboxylic acids is 1. The largest absolute Gasteiger partial charge is 0.481 e. The molecule has 1 aromatic rings. The van der Waals surface area contributed by atoms with Crippen molar-refractivity contribution in [2.24, 2.45) is 5.16 Å². The maximum Gasteiger partial charge on any atom is 0.307 e. The normalized spacial score (nSPS) is 10.4. The van der Waals surface area contributed by atoms with Crippen LogP contribution in [0.3, 0.4) is 0 Å². The third-order valence-corrected chi connectivity index (χ3v) is 2.08. The lowest BCUT2D eigenvalue weighted by molar-refractivity contribution is -0.136. The predicted octanol–water partition coefficient (Wildman–Crippen LogP) is 1.02. The highest BCUT2D eigenvalue weighted by atomic mass is 16.4. The summed E-state index contributed by atoms with van der Waals surface area (Å²) in [7, 11) is 0. The first-order valence-corrected chi connectivity index (χ1v) is 4.82. The van der Waals surface area contributed by atoms with Gasteiger partial charge in [-0.1, -0.05) is 17.3 Å². The zero-order chi connectivity index (χ0) is 12.8. The van der Waals surface area contributed by atoms with Gasteiger partial charge in [0.2, 0.25) is 0 Å². The van der Waals surface area contributed by atoms with E-state index in [1.54, 1.807) is 25.1 Å². The van der Waals surface area contributed by atoms with Crippen molar-refractivity contribution in [2.75, 3.05) is 5.32 Å². The van der Waals surface area contributed by atoms with Crippen molar-refractivity contribution in [2.45, 2.75) is 13.3 Å². The number of aryl methyl sites for hydroxylation is 1. The van der Waals surface area contributed by atoms with Gasteiger partial charge in [0.05, 0.1) is 6.42 Å². The summed E-state index contributed by atoms with van der Waals surface area (Å²) >= 11 is 0. The minimum Gasteiger partial charge on any atom is -0.481 e. The molecule has 6 nitrogen and oxygen atoms in total. The molecular formula is C11H12N2O4. The minimum absolute atomic E-state index is 0.0623. The SMILES string of the molecule is Cc1cc(CC(=O)O)ccc1NC(=O)C=NO. The lowest BCUT2D eigenvalue weighted by Gasteiger charge is -2.07. The second-order valence-corrected chi connectivity index (χ2v) is 3.45. The summed E-state index contributed by atoms with van der Waals surface area (Å²) in [5, 5.41) is 21.9. The Kier molecular flexibility index (Phi) is 4.21. The van der Waals surface area contributed by atoms with Gasteiger partial charge in [0.15, 0.2) is 0 Å². The van der Waals surface area contributed by atoms with E-state index in [2.05, 4.69) is 10.5 Å². The second kappa shape index (κ2) is 5.64. The van der Waals surface area contributed by atoms with Gasteiger partial charge in [-0.2, -0.15) is 0 Å². The Morgan fingerprint density at radius 3 is 2.71 bits per heavy atom. The Labute approximate surface area is 97.6 Å². The number of oxime groups is 1. The van der Waals surface area contributed by atoms with Crippen LogP contribution < -0.4 is 5.32 Å². The minimum atomic E-state index is -0.909. The van der Waals surface area contributed by atoms with Gasteiger partial charge in [-0.15, -0.1) is 0 Å². The molecule has 0 spiro atoms. The van der Waals surface area contributed by atoms with E-state index in [-0.39, 0.29) is 6.42 Å². The highest BCUT2D eigenvalue weighted by Crippen LogP contribution is 2.16. The van der Waals surface area contributed by atoms with Crippen LogP contribution in [0, 0.1) is 6.92 Å². The van der Waals surface area contributed by atoms with Crippen molar-refractivity contribution >= 4 is 23.8 Å². The first-order chi connectivity index (χ1) is 8.02. The van der Waals surface area contributed by atoms with E-state index in [1.165, 1.54) is 0 Å². The van der Waals surface area contributed by atoms with Gasteiger partial charge in [-0.05, 0) is 24.1 Å². The zero-order valence-electron chi connectivity index (χ0n) is 9.17. The average Bonchev–Trinajstić information content (AvgIpc) is 2.21. The van der Waals surface area contributed by atoms with E-state index >= 15 is 0 Å². The molecule has 3 N–H and O–H groups in total. The summed E-state index contributed by atoms with van der Waals surface area (Å²) in [6.07, 6.45) is 0.678. The van der Waals surface area contributed by atoms with Gasteiger partial charge in [-0.25, -0.2) is 0 Å². The number of hydrogen-bond donors (Lipinski definition) is 3. The Hall–Kier alpha value is -2.37. The number of carbonyl (C=O) groups is 2. The molecule has 1 amide bonds. The van der Waals surface area contributed by atoms with Gasteiger partial charge >= 0.3 is 5.97 Å². The predicted molar refractivity (Wildman–Crippen MR) is 61.4 cm³/mol. The summed E-state index contributed by atoms with van der Waals surface area (Å²) in [6.45, 7) is 1.75. The van der Waals surface area contributed by atoms with E-state index < -0.39 is 11.9 Å². The fourth-order valence-electron chi connectivity index (χ4n) is 1.37. The number of hydrogen-bond acceptors (Lipinski definition) is 4. The quantitative estimate of drug-likeness (QED) is 0.413. The Morgan fingerprint density at radius 2 is 2.18 bits per heavy atom. The van der Waals surface area contributed by atoms with E-state index in [9.17, 15) is 9.59 Å². The van der Waals surface area contributed by atoms with Crippen molar-refractivity contribution in [1.82, 2.24) is 0 Å². The van der Waals surface area contributed by atoms with Crippen LogP contribution in [0.5, 0.6) is 0 Å². The fraction of sp³-hybridized carbons (Fsp3) is 0.182. The number of aliphatic carboxylic acids is 1. The molecule has 90 valence electrons. The highest BCUT2D eigenvalue weighted by molar-refractivity contribution is 6.31. The van der Waals surface area contributed by atoms with Crippen molar-refractivity contribution in [1.29, 1.82) is 0 Å². The van der Waals surface area contributed by atoms with Crippen LogP contribution in [-0.4, -0.2) is 28.4 Å². The van der Waals surface area contributed by atoms with Gasteiger partial charge in [0.1, 0.15) is 6.21 Å². The molecule has 1 rings (SSSR count). The van der Waals surface area contributed by atoms with Crippen LogP contribution in [0.2, 0.25) is 0 Å². The first kappa shape index (κ1) is 12.7. The Balaban J connectivity index is 2.82. The monoisotopic (exact) mass is 236 g/mol. The maximum absolute atomic E-state index is 11.1. The lowest BCUT2D eigenvalue weighted by Crippen LogP contribution is -2.13. The molecule has 0 aliphatic carbocycles. The smallest absolute Gasteiger partial charge is 0.307 e. The van der Waals surface area contributed by atoms with Gasteiger partial charge < -0.3 is 15.6 Å². The molecule has 0 saturated heterocycles. The van der Waals surface area contributed by atoms with Crippen molar-refractivity contribution in [3.8, 4) is 0 Å². The molecule has 6 heteroatoms. The molecule has 0 aliphatic rings. The highest BCUT2D eigenvalue weighted by Gasteiger charge is 2.05. The topological polar surface area (TPSA) is 99.0 Å². The number of anilines is 1. The van der Waals surface area contributed by atoms with Gasteiger partial charge in [0.25, 0.3) is 5.91 Å². The van der Waals surface area contributed by atoms with Crippen molar-refractivity contribution < 1.29 is 19.9 Å². The molecule has 1 aromatic carbocycles.